The van der Waals surface area contributed by atoms with E-state index in [1.54, 1.807) is 18.9 Å². The van der Waals surface area contributed by atoms with Crippen LogP contribution in [0.1, 0.15) is 25.3 Å². The van der Waals surface area contributed by atoms with Crippen LogP contribution in [0.5, 0.6) is 5.75 Å². The molecule has 27 heavy (non-hydrogen) atoms. The summed E-state index contributed by atoms with van der Waals surface area (Å²) in [5.74, 6) is 0.783. The molecule has 2 atom stereocenters. The third-order valence-electron chi connectivity index (χ3n) is 5.09. The SMILES string of the molecule is COc1cccc(COC(C)C(=O)N2CCN(C(=O)C3CCCO3)CC2)c1. The first-order valence-electron chi connectivity index (χ1n) is 9.52. The molecule has 2 aliphatic heterocycles. The lowest BCUT2D eigenvalue weighted by atomic mass is 10.2. The number of hydrogen-bond acceptors (Lipinski definition) is 5. The molecule has 148 valence electrons. The smallest absolute Gasteiger partial charge is 0.251 e. The lowest BCUT2D eigenvalue weighted by Gasteiger charge is -2.36. The van der Waals surface area contributed by atoms with E-state index in [9.17, 15) is 9.59 Å². The molecular weight excluding hydrogens is 348 g/mol. The van der Waals surface area contributed by atoms with Crippen LogP contribution in [0.25, 0.3) is 0 Å². The van der Waals surface area contributed by atoms with E-state index in [0.29, 0.717) is 39.4 Å². The first kappa shape index (κ1) is 19.6. The van der Waals surface area contributed by atoms with Gasteiger partial charge < -0.3 is 24.0 Å². The normalized spacial score (nSPS) is 21.2. The molecule has 7 nitrogen and oxygen atoms in total. The highest BCUT2D eigenvalue weighted by molar-refractivity contribution is 5.83. The van der Waals surface area contributed by atoms with Gasteiger partial charge in [-0.1, -0.05) is 12.1 Å². The molecule has 0 N–H and O–H groups in total. The van der Waals surface area contributed by atoms with E-state index < -0.39 is 6.10 Å². The van der Waals surface area contributed by atoms with Crippen LogP contribution in [0.2, 0.25) is 0 Å². The zero-order valence-electron chi connectivity index (χ0n) is 16.1. The van der Waals surface area contributed by atoms with Crippen LogP contribution in [-0.2, 0) is 25.7 Å². The highest BCUT2D eigenvalue weighted by atomic mass is 16.5. The molecule has 0 radical (unpaired) electrons. The van der Waals surface area contributed by atoms with Crippen molar-refractivity contribution >= 4 is 11.8 Å². The summed E-state index contributed by atoms with van der Waals surface area (Å²) >= 11 is 0. The zero-order chi connectivity index (χ0) is 19.2. The first-order chi connectivity index (χ1) is 13.1. The van der Waals surface area contributed by atoms with Gasteiger partial charge in [-0.25, -0.2) is 0 Å². The summed E-state index contributed by atoms with van der Waals surface area (Å²) in [7, 11) is 1.62. The zero-order valence-corrected chi connectivity index (χ0v) is 16.1. The summed E-state index contributed by atoms with van der Waals surface area (Å²) in [5.41, 5.74) is 0.959. The molecule has 0 aromatic heterocycles. The van der Waals surface area contributed by atoms with E-state index in [-0.39, 0.29) is 17.9 Å². The van der Waals surface area contributed by atoms with Gasteiger partial charge in [0.1, 0.15) is 18.0 Å². The van der Waals surface area contributed by atoms with Crippen molar-refractivity contribution in [2.45, 2.75) is 38.6 Å². The van der Waals surface area contributed by atoms with Gasteiger partial charge in [0.05, 0.1) is 13.7 Å². The maximum absolute atomic E-state index is 12.6. The lowest BCUT2D eigenvalue weighted by Crippen LogP contribution is -2.54. The number of benzene rings is 1. The summed E-state index contributed by atoms with van der Waals surface area (Å²) in [6.45, 7) is 4.94. The van der Waals surface area contributed by atoms with E-state index in [2.05, 4.69) is 0 Å². The number of rotatable bonds is 6. The average molecular weight is 376 g/mol. The van der Waals surface area contributed by atoms with Crippen molar-refractivity contribution in [3.8, 4) is 5.75 Å². The minimum absolute atomic E-state index is 0.0397. The molecule has 0 saturated carbocycles. The highest BCUT2D eigenvalue weighted by Gasteiger charge is 2.32. The molecule has 1 aromatic rings. The molecule has 2 aliphatic rings. The fourth-order valence-electron chi connectivity index (χ4n) is 3.44. The standard InChI is InChI=1S/C20H28N2O5/c1-15(27-14-16-5-3-6-17(13-16)25-2)19(23)21-8-10-22(11-9-21)20(24)18-7-4-12-26-18/h3,5-6,13,15,18H,4,7-12,14H2,1-2H3. The van der Waals surface area contributed by atoms with Gasteiger partial charge in [-0.05, 0) is 37.5 Å². The lowest BCUT2D eigenvalue weighted by molar-refractivity contribution is -0.150. The average Bonchev–Trinajstić information content (AvgIpc) is 3.26. The topological polar surface area (TPSA) is 68.3 Å². The molecule has 2 fully saturated rings. The molecule has 0 spiro atoms. The second-order valence-corrected chi connectivity index (χ2v) is 6.96. The Morgan fingerprint density at radius 3 is 2.63 bits per heavy atom. The summed E-state index contributed by atoms with van der Waals surface area (Å²) in [6.07, 6.45) is 0.915. The van der Waals surface area contributed by atoms with E-state index in [0.717, 1.165) is 24.2 Å². The number of ether oxygens (including phenoxy) is 3. The number of carbonyl (C=O) groups is 2. The van der Waals surface area contributed by atoms with Crippen molar-refractivity contribution in [3.05, 3.63) is 29.8 Å². The van der Waals surface area contributed by atoms with Crippen molar-refractivity contribution in [1.29, 1.82) is 0 Å². The molecule has 0 aliphatic carbocycles. The van der Waals surface area contributed by atoms with Crippen molar-refractivity contribution in [2.75, 3.05) is 39.9 Å². The minimum Gasteiger partial charge on any atom is -0.497 e. The third-order valence-corrected chi connectivity index (χ3v) is 5.09. The van der Waals surface area contributed by atoms with Crippen molar-refractivity contribution < 1.29 is 23.8 Å². The quantitative estimate of drug-likeness (QED) is 0.752. The summed E-state index contributed by atoms with van der Waals surface area (Å²) in [5, 5.41) is 0. The van der Waals surface area contributed by atoms with Gasteiger partial charge in [-0.15, -0.1) is 0 Å². The van der Waals surface area contributed by atoms with Gasteiger partial charge >= 0.3 is 0 Å². The molecule has 3 rings (SSSR count). The Hall–Kier alpha value is -2.12. The Labute approximate surface area is 160 Å². The number of methoxy groups -OCH3 is 1. The monoisotopic (exact) mass is 376 g/mol. The summed E-state index contributed by atoms with van der Waals surface area (Å²) in [6, 6.07) is 7.60. The largest absolute Gasteiger partial charge is 0.497 e. The predicted molar refractivity (Wildman–Crippen MR) is 99.4 cm³/mol. The van der Waals surface area contributed by atoms with Crippen LogP contribution in [0.15, 0.2) is 24.3 Å². The molecule has 2 amide bonds. The van der Waals surface area contributed by atoms with Gasteiger partial charge in [0.15, 0.2) is 0 Å². The molecule has 0 bridgehead atoms. The van der Waals surface area contributed by atoms with E-state index in [1.165, 1.54) is 0 Å². The van der Waals surface area contributed by atoms with Gasteiger partial charge in [0, 0.05) is 32.8 Å². The van der Waals surface area contributed by atoms with Crippen LogP contribution in [0, 0.1) is 0 Å². The maximum atomic E-state index is 12.6. The number of carbonyl (C=O) groups excluding carboxylic acids is 2. The van der Waals surface area contributed by atoms with Crippen molar-refractivity contribution in [3.63, 3.8) is 0 Å². The second kappa shape index (κ2) is 9.19. The Balaban J connectivity index is 1.44. The van der Waals surface area contributed by atoms with Crippen LogP contribution >= 0.6 is 0 Å². The Bertz CT molecular complexity index is 652. The van der Waals surface area contributed by atoms with Gasteiger partial charge in [0.2, 0.25) is 0 Å². The minimum atomic E-state index is -0.531. The van der Waals surface area contributed by atoms with Gasteiger partial charge in [-0.2, -0.15) is 0 Å². The predicted octanol–water partition coefficient (Wildman–Crippen LogP) is 1.45. The highest BCUT2D eigenvalue weighted by Crippen LogP contribution is 2.17. The molecule has 2 heterocycles. The number of amides is 2. The maximum Gasteiger partial charge on any atom is 0.251 e. The summed E-state index contributed by atoms with van der Waals surface area (Å²) < 4.78 is 16.4. The Kier molecular flexibility index (Phi) is 6.68. The van der Waals surface area contributed by atoms with Crippen molar-refractivity contribution in [2.24, 2.45) is 0 Å². The van der Waals surface area contributed by atoms with Crippen LogP contribution in [0.4, 0.5) is 0 Å². The first-order valence-corrected chi connectivity index (χ1v) is 9.52. The molecule has 2 saturated heterocycles. The van der Waals surface area contributed by atoms with Crippen LogP contribution < -0.4 is 4.74 Å². The number of hydrogen-bond donors (Lipinski definition) is 0. The Morgan fingerprint density at radius 2 is 1.96 bits per heavy atom. The molecule has 2 unspecified atom stereocenters. The Morgan fingerprint density at radius 1 is 1.22 bits per heavy atom. The fraction of sp³-hybridized carbons (Fsp3) is 0.600. The second-order valence-electron chi connectivity index (χ2n) is 6.96. The van der Waals surface area contributed by atoms with Crippen molar-refractivity contribution in [1.82, 2.24) is 9.80 Å². The fourth-order valence-corrected chi connectivity index (χ4v) is 3.44. The van der Waals surface area contributed by atoms with Gasteiger partial charge in [0.25, 0.3) is 11.8 Å². The summed E-state index contributed by atoms with van der Waals surface area (Å²) in [4.78, 5) is 28.6. The molecular formula is C20H28N2O5. The van der Waals surface area contributed by atoms with E-state index >= 15 is 0 Å². The third kappa shape index (κ3) is 4.99. The van der Waals surface area contributed by atoms with Crippen LogP contribution in [0.3, 0.4) is 0 Å². The molecule has 7 heteroatoms. The number of piperazine rings is 1. The molecule has 1 aromatic carbocycles. The van der Waals surface area contributed by atoms with Gasteiger partial charge in [-0.3, -0.25) is 9.59 Å². The van der Waals surface area contributed by atoms with Crippen LogP contribution in [-0.4, -0.2) is 73.7 Å². The van der Waals surface area contributed by atoms with E-state index in [4.69, 9.17) is 14.2 Å². The van der Waals surface area contributed by atoms with E-state index in [1.807, 2.05) is 29.2 Å². The number of nitrogens with zero attached hydrogens (tertiary/aromatic N) is 2.